The molecule has 0 unspecified atom stereocenters. The maximum absolute atomic E-state index is 8.51. The van der Waals surface area contributed by atoms with Crippen LogP contribution in [-0.4, -0.2) is 14.2 Å². The molecule has 0 N–H and O–H groups in total. The number of nitriles is 1. The molecule has 1 aromatic rings. The Kier molecular flexibility index (Phi) is 4.44. The standard InChI is InChI=1S/C11H12BrNO2/c1-14-9-6-8(4-3-5-13)7-10(15-2)11(9)12/h6-7H,3-4H2,1-2H3. The third-order valence-electron chi connectivity index (χ3n) is 2.03. The summed E-state index contributed by atoms with van der Waals surface area (Å²) in [6, 6.07) is 5.93. The van der Waals surface area contributed by atoms with Gasteiger partial charge < -0.3 is 9.47 Å². The first-order valence-corrected chi connectivity index (χ1v) is 5.29. The molecular weight excluding hydrogens is 258 g/mol. The van der Waals surface area contributed by atoms with Crippen molar-refractivity contribution in [1.29, 1.82) is 5.26 Å². The Hall–Kier alpha value is -1.21. The quantitative estimate of drug-likeness (QED) is 0.844. The average molecular weight is 270 g/mol. The highest BCUT2D eigenvalue weighted by Crippen LogP contribution is 2.35. The number of halogens is 1. The van der Waals surface area contributed by atoms with Gasteiger partial charge in [0.2, 0.25) is 0 Å². The monoisotopic (exact) mass is 269 g/mol. The summed E-state index contributed by atoms with van der Waals surface area (Å²) in [5.41, 5.74) is 1.04. The lowest BCUT2D eigenvalue weighted by Crippen LogP contribution is -1.93. The predicted molar refractivity (Wildman–Crippen MR) is 61.2 cm³/mol. The van der Waals surface area contributed by atoms with Gasteiger partial charge in [0.05, 0.1) is 20.3 Å². The van der Waals surface area contributed by atoms with E-state index in [4.69, 9.17) is 14.7 Å². The molecule has 1 aromatic carbocycles. The van der Waals surface area contributed by atoms with Crippen molar-refractivity contribution >= 4 is 15.9 Å². The zero-order valence-corrected chi connectivity index (χ0v) is 10.3. The molecule has 4 heteroatoms. The molecule has 1 rings (SSSR count). The van der Waals surface area contributed by atoms with E-state index in [1.807, 2.05) is 12.1 Å². The Labute approximate surface area is 97.7 Å². The van der Waals surface area contributed by atoms with Crippen LogP contribution in [0.4, 0.5) is 0 Å². The summed E-state index contributed by atoms with van der Waals surface area (Å²) < 4.78 is 11.2. The smallest absolute Gasteiger partial charge is 0.137 e. The van der Waals surface area contributed by atoms with E-state index in [2.05, 4.69) is 22.0 Å². The van der Waals surface area contributed by atoms with Crippen molar-refractivity contribution in [1.82, 2.24) is 0 Å². The van der Waals surface area contributed by atoms with Crippen LogP contribution < -0.4 is 9.47 Å². The maximum atomic E-state index is 8.51. The van der Waals surface area contributed by atoms with Crippen molar-refractivity contribution in [2.75, 3.05) is 14.2 Å². The highest BCUT2D eigenvalue weighted by Gasteiger charge is 2.09. The lowest BCUT2D eigenvalue weighted by molar-refractivity contribution is 0.388. The fourth-order valence-corrected chi connectivity index (χ4v) is 1.82. The fraction of sp³-hybridized carbons (Fsp3) is 0.364. The second-order valence-corrected chi connectivity index (χ2v) is 3.77. The van der Waals surface area contributed by atoms with Gasteiger partial charge in [0.1, 0.15) is 16.0 Å². The zero-order valence-electron chi connectivity index (χ0n) is 8.71. The minimum atomic E-state index is 0.494. The van der Waals surface area contributed by atoms with Crippen LogP contribution in [0.25, 0.3) is 0 Å². The lowest BCUT2D eigenvalue weighted by Gasteiger charge is -2.10. The van der Waals surface area contributed by atoms with Gasteiger partial charge >= 0.3 is 0 Å². The van der Waals surface area contributed by atoms with Gasteiger partial charge in [0.15, 0.2) is 0 Å². The molecule has 0 aromatic heterocycles. The van der Waals surface area contributed by atoms with Gasteiger partial charge in [-0.2, -0.15) is 5.26 Å². The van der Waals surface area contributed by atoms with Crippen LogP contribution >= 0.6 is 15.9 Å². The summed E-state index contributed by atoms with van der Waals surface area (Å²) in [5.74, 6) is 1.45. The van der Waals surface area contributed by atoms with Crippen LogP contribution in [0.3, 0.4) is 0 Å². The topological polar surface area (TPSA) is 42.2 Å². The van der Waals surface area contributed by atoms with Crippen molar-refractivity contribution < 1.29 is 9.47 Å². The van der Waals surface area contributed by atoms with Crippen LogP contribution in [0.1, 0.15) is 12.0 Å². The number of benzene rings is 1. The Morgan fingerprint density at radius 2 is 1.80 bits per heavy atom. The van der Waals surface area contributed by atoms with Crippen LogP contribution in [0.2, 0.25) is 0 Å². The van der Waals surface area contributed by atoms with Gasteiger partial charge in [-0.05, 0) is 40.0 Å². The van der Waals surface area contributed by atoms with Gasteiger partial charge in [-0.15, -0.1) is 0 Å². The van der Waals surface area contributed by atoms with E-state index in [9.17, 15) is 0 Å². The minimum absolute atomic E-state index is 0.494. The van der Waals surface area contributed by atoms with Crippen LogP contribution in [-0.2, 0) is 6.42 Å². The number of nitrogens with zero attached hydrogens (tertiary/aromatic N) is 1. The van der Waals surface area contributed by atoms with Gasteiger partial charge in [0, 0.05) is 6.42 Å². The summed E-state index contributed by atoms with van der Waals surface area (Å²) in [6.07, 6.45) is 1.20. The van der Waals surface area contributed by atoms with Gasteiger partial charge in [-0.25, -0.2) is 0 Å². The van der Waals surface area contributed by atoms with Crippen molar-refractivity contribution in [3.05, 3.63) is 22.2 Å². The second kappa shape index (κ2) is 5.62. The Balaban J connectivity index is 3.04. The molecular formula is C11H12BrNO2. The third-order valence-corrected chi connectivity index (χ3v) is 2.81. The molecule has 0 atom stereocenters. The summed E-state index contributed by atoms with van der Waals surface area (Å²) in [4.78, 5) is 0. The van der Waals surface area contributed by atoms with E-state index >= 15 is 0 Å². The number of hydrogen-bond donors (Lipinski definition) is 0. The molecule has 0 spiro atoms. The molecule has 15 heavy (non-hydrogen) atoms. The summed E-state index contributed by atoms with van der Waals surface area (Å²) in [7, 11) is 3.21. The maximum Gasteiger partial charge on any atom is 0.137 e. The van der Waals surface area contributed by atoms with Gasteiger partial charge in [0.25, 0.3) is 0 Å². The van der Waals surface area contributed by atoms with Crippen molar-refractivity contribution in [3.8, 4) is 17.6 Å². The second-order valence-electron chi connectivity index (χ2n) is 2.97. The molecule has 0 fully saturated rings. The average Bonchev–Trinajstić information content (AvgIpc) is 2.27. The van der Waals surface area contributed by atoms with Crippen molar-refractivity contribution in [2.24, 2.45) is 0 Å². The molecule has 0 saturated heterocycles. The van der Waals surface area contributed by atoms with E-state index < -0.39 is 0 Å². The van der Waals surface area contributed by atoms with Crippen LogP contribution in [0, 0.1) is 11.3 Å². The van der Waals surface area contributed by atoms with E-state index in [1.54, 1.807) is 14.2 Å². The summed E-state index contributed by atoms with van der Waals surface area (Å²) >= 11 is 3.39. The molecule has 0 heterocycles. The van der Waals surface area contributed by atoms with Crippen LogP contribution in [0.15, 0.2) is 16.6 Å². The van der Waals surface area contributed by atoms with Gasteiger partial charge in [-0.3, -0.25) is 0 Å². The van der Waals surface area contributed by atoms with Crippen molar-refractivity contribution in [3.63, 3.8) is 0 Å². The zero-order chi connectivity index (χ0) is 11.3. The third kappa shape index (κ3) is 2.87. The van der Waals surface area contributed by atoms with Gasteiger partial charge in [-0.1, -0.05) is 0 Å². The largest absolute Gasteiger partial charge is 0.495 e. The molecule has 80 valence electrons. The fourth-order valence-electron chi connectivity index (χ4n) is 1.27. The highest BCUT2D eigenvalue weighted by atomic mass is 79.9. The number of ether oxygens (including phenoxy) is 2. The molecule has 0 bridgehead atoms. The molecule has 0 saturated carbocycles. The Bertz CT molecular complexity index is 360. The SMILES string of the molecule is COc1cc(CCC#N)cc(OC)c1Br. The molecule has 0 aliphatic heterocycles. The Morgan fingerprint density at radius 1 is 1.27 bits per heavy atom. The predicted octanol–water partition coefficient (Wildman–Crippen LogP) is 2.92. The molecule has 0 radical (unpaired) electrons. The molecule has 0 amide bonds. The summed E-state index contributed by atoms with van der Waals surface area (Å²) in [6.45, 7) is 0. The first-order valence-electron chi connectivity index (χ1n) is 4.50. The number of rotatable bonds is 4. The van der Waals surface area contributed by atoms with E-state index in [0.717, 1.165) is 21.5 Å². The highest BCUT2D eigenvalue weighted by molar-refractivity contribution is 9.10. The van der Waals surface area contributed by atoms with Crippen molar-refractivity contribution in [2.45, 2.75) is 12.8 Å². The Morgan fingerprint density at radius 3 is 2.20 bits per heavy atom. The molecule has 0 aliphatic rings. The number of methoxy groups -OCH3 is 2. The summed E-state index contributed by atoms with van der Waals surface area (Å²) in [5, 5.41) is 8.51. The van der Waals surface area contributed by atoms with Crippen LogP contribution in [0.5, 0.6) is 11.5 Å². The van der Waals surface area contributed by atoms with E-state index in [1.165, 1.54) is 0 Å². The van der Waals surface area contributed by atoms with E-state index in [-0.39, 0.29) is 0 Å². The minimum Gasteiger partial charge on any atom is -0.495 e. The van der Waals surface area contributed by atoms with E-state index in [0.29, 0.717) is 12.8 Å². The normalized spacial score (nSPS) is 9.47. The molecule has 0 aliphatic carbocycles. The first-order chi connectivity index (χ1) is 7.22. The number of aryl methyl sites for hydroxylation is 1. The molecule has 3 nitrogen and oxygen atoms in total. The number of hydrogen-bond acceptors (Lipinski definition) is 3. The lowest BCUT2D eigenvalue weighted by atomic mass is 10.1. The first kappa shape index (κ1) is 11.9.